The van der Waals surface area contributed by atoms with Crippen molar-refractivity contribution < 1.29 is 28.6 Å². The van der Waals surface area contributed by atoms with Gasteiger partial charge in [0, 0.05) is 81.2 Å². The first-order valence-corrected chi connectivity index (χ1v) is 25.1. The summed E-state index contributed by atoms with van der Waals surface area (Å²) in [6.07, 6.45) is 4.61. The first kappa shape index (κ1) is 52.4. The second-order valence-corrected chi connectivity index (χ2v) is 20.0. The number of aromatic nitrogens is 6. The van der Waals surface area contributed by atoms with Crippen LogP contribution in [0.3, 0.4) is 0 Å². The van der Waals surface area contributed by atoms with E-state index in [-0.39, 0.29) is 52.5 Å². The van der Waals surface area contributed by atoms with Gasteiger partial charge in [-0.3, -0.25) is 14.6 Å². The minimum absolute atomic E-state index is 0.0360. The number of piperazine rings is 2. The molecule has 16 nitrogen and oxygen atoms in total. The highest BCUT2D eigenvalue weighted by molar-refractivity contribution is 6.30. The van der Waals surface area contributed by atoms with Crippen LogP contribution in [0.25, 0.3) is 28.0 Å². The van der Waals surface area contributed by atoms with E-state index in [1.165, 1.54) is 22.8 Å². The molecular formula is C54H62ClF2N11O5. The molecule has 0 spiro atoms. The van der Waals surface area contributed by atoms with Crippen molar-refractivity contribution >= 4 is 46.1 Å². The maximum Gasteiger partial charge on any atom is 0.355 e. The molecule has 2 aliphatic heterocycles. The van der Waals surface area contributed by atoms with Crippen LogP contribution >= 0.6 is 11.6 Å². The number of amides is 2. The normalized spacial score (nSPS) is 18.2. The van der Waals surface area contributed by atoms with Crippen LogP contribution < -0.4 is 20.8 Å². The van der Waals surface area contributed by atoms with Gasteiger partial charge < -0.3 is 35.1 Å². The molecule has 73 heavy (non-hydrogen) atoms. The third-order valence-electron chi connectivity index (χ3n) is 13.8. The molecule has 2 amide bonds. The Balaban J connectivity index is 0.000000201. The number of pyridine rings is 2. The van der Waals surface area contributed by atoms with Crippen LogP contribution in [0.5, 0.6) is 5.75 Å². The van der Waals surface area contributed by atoms with Gasteiger partial charge in [-0.1, -0.05) is 71.0 Å². The van der Waals surface area contributed by atoms with Crippen molar-refractivity contribution in [3.05, 3.63) is 135 Å². The highest BCUT2D eigenvalue weighted by atomic mass is 35.5. The van der Waals surface area contributed by atoms with Crippen LogP contribution in [-0.2, 0) is 9.59 Å². The molecule has 9 rings (SSSR count). The summed E-state index contributed by atoms with van der Waals surface area (Å²) in [5.74, 6) is -1.33. The molecule has 3 aliphatic rings. The summed E-state index contributed by atoms with van der Waals surface area (Å²) in [5.41, 5.74) is 3.06. The van der Waals surface area contributed by atoms with Crippen molar-refractivity contribution in [1.29, 1.82) is 0 Å². The van der Waals surface area contributed by atoms with Gasteiger partial charge in [-0.25, -0.2) is 33.1 Å². The Bertz CT molecular complexity index is 3070. The Labute approximate surface area is 428 Å². The predicted octanol–water partition coefficient (Wildman–Crippen LogP) is 7.58. The van der Waals surface area contributed by atoms with E-state index in [2.05, 4.69) is 62.5 Å². The number of nitrogens with zero attached hydrogens (tertiary/aromatic N) is 10. The highest BCUT2D eigenvalue weighted by Crippen LogP contribution is 2.43. The minimum Gasteiger partial charge on any atom is -0.507 e. The maximum atomic E-state index is 15.8. The van der Waals surface area contributed by atoms with Crippen LogP contribution in [-0.4, -0.2) is 126 Å². The van der Waals surface area contributed by atoms with Gasteiger partial charge in [-0.15, -0.1) is 0 Å². The zero-order valence-electron chi connectivity index (χ0n) is 42.2. The summed E-state index contributed by atoms with van der Waals surface area (Å²) >= 11 is 6.06. The van der Waals surface area contributed by atoms with Gasteiger partial charge in [0.1, 0.15) is 35.2 Å². The van der Waals surface area contributed by atoms with Gasteiger partial charge in [0.05, 0.1) is 40.0 Å². The quantitative estimate of drug-likeness (QED) is 0.108. The van der Waals surface area contributed by atoms with Gasteiger partial charge >= 0.3 is 5.69 Å². The lowest BCUT2D eigenvalue weighted by molar-refractivity contribution is -0.133. The Hall–Kier alpha value is -6.89. The standard InChI is InChI=1S/C30H30F2N6O3.C24H32ClN5O2/c1-6-23(40)36-12-13-37(18(5)15-36)28-19-14-21(32)26(24-20(31)8-7-9-22(24)39)34-29(19)38(30(41)35-28)27-17(4)10-11-33-25(27)16(2)3;1-15(2)26-13-19(17-4-6-18(25)7-5-17)24(32)30-10-8-29(9-11-30)23-21-16(3)12-20(31)22(21)27-14-28-23/h6-11,14,16,18,39H,1,12-13,15H2,2-5H3;4-7,14-16,19-20,26,31H,8-13H2,1-3H3. The number of anilines is 2. The number of halogens is 3. The number of nitrogens with one attached hydrogen (secondary N) is 1. The summed E-state index contributed by atoms with van der Waals surface area (Å²) in [4.78, 5) is 69.5. The number of aryl methyl sites for hydroxylation is 1. The molecule has 1 aliphatic carbocycles. The van der Waals surface area contributed by atoms with E-state index >= 15 is 4.39 Å². The highest BCUT2D eigenvalue weighted by Gasteiger charge is 2.36. The fraction of sp³-hybridized carbons (Fsp3) is 0.407. The van der Waals surface area contributed by atoms with Crippen LogP contribution in [0, 0.1) is 18.6 Å². The molecule has 2 saturated heterocycles. The number of phenols is 1. The molecule has 2 fully saturated rings. The van der Waals surface area contributed by atoms with E-state index in [0.29, 0.717) is 86.8 Å². The fourth-order valence-electron chi connectivity index (χ4n) is 10.0. The number of benzene rings is 2. The molecular weight excluding hydrogens is 956 g/mol. The van der Waals surface area contributed by atoms with Crippen molar-refractivity contribution in [3.63, 3.8) is 0 Å². The minimum atomic E-state index is -0.897. The van der Waals surface area contributed by atoms with Gasteiger partial charge in [0.25, 0.3) is 0 Å². The number of aromatic hydroxyl groups is 1. The Kier molecular flexibility index (Phi) is 15.9. The molecule has 4 aromatic heterocycles. The number of aliphatic hydroxyl groups is 1. The van der Waals surface area contributed by atoms with Gasteiger partial charge in [0.15, 0.2) is 11.5 Å². The third kappa shape index (κ3) is 10.8. The van der Waals surface area contributed by atoms with E-state index in [0.717, 1.165) is 34.8 Å². The molecule has 2 aromatic carbocycles. The Morgan fingerprint density at radius 1 is 0.918 bits per heavy atom. The van der Waals surface area contributed by atoms with Crippen LogP contribution in [0.4, 0.5) is 20.4 Å². The summed E-state index contributed by atoms with van der Waals surface area (Å²) in [7, 11) is 0. The second kappa shape index (κ2) is 22.1. The van der Waals surface area contributed by atoms with E-state index in [1.807, 2.05) is 61.8 Å². The molecule has 19 heteroatoms. The van der Waals surface area contributed by atoms with Crippen molar-refractivity contribution in [2.75, 3.05) is 62.2 Å². The summed E-state index contributed by atoms with van der Waals surface area (Å²) in [6.45, 7) is 21.7. The summed E-state index contributed by atoms with van der Waals surface area (Å²) in [5, 5.41) is 25.0. The first-order valence-electron chi connectivity index (χ1n) is 24.7. The zero-order chi connectivity index (χ0) is 52.4. The van der Waals surface area contributed by atoms with Crippen molar-refractivity contribution in [3.8, 4) is 22.7 Å². The van der Waals surface area contributed by atoms with E-state index in [9.17, 15) is 29.0 Å². The number of carbonyl (C=O) groups is 2. The topological polar surface area (TPSA) is 186 Å². The Morgan fingerprint density at radius 2 is 1.63 bits per heavy atom. The van der Waals surface area contributed by atoms with Gasteiger partial charge in [0.2, 0.25) is 11.8 Å². The third-order valence-corrected chi connectivity index (χ3v) is 14.1. The molecule has 0 bridgehead atoms. The van der Waals surface area contributed by atoms with Crippen molar-refractivity contribution in [2.45, 2.75) is 90.8 Å². The van der Waals surface area contributed by atoms with Gasteiger partial charge in [-0.05, 0) is 85.7 Å². The predicted molar refractivity (Wildman–Crippen MR) is 279 cm³/mol. The fourth-order valence-corrected chi connectivity index (χ4v) is 10.2. The number of aliphatic hydroxyl groups excluding tert-OH is 1. The summed E-state index contributed by atoms with van der Waals surface area (Å²) in [6, 6.07) is 14.1. The lowest BCUT2D eigenvalue weighted by Crippen LogP contribution is -2.54. The van der Waals surface area contributed by atoms with Gasteiger partial charge in [-0.2, -0.15) is 4.98 Å². The van der Waals surface area contributed by atoms with E-state index < -0.39 is 40.4 Å². The molecule has 4 atom stereocenters. The number of fused-ring (bicyclic) bond motifs is 2. The lowest BCUT2D eigenvalue weighted by atomic mass is 9.96. The number of hydrogen-bond acceptors (Lipinski definition) is 13. The average molecular weight is 1020 g/mol. The maximum absolute atomic E-state index is 15.8. The molecule has 3 N–H and O–H groups in total. The zero-order valence-corrected chi connectivity index (χ0v) is 42.9. The number of carbonyl (C=O) groups excluding carboxylic acids is 2. The average Bonchev–Trinajstić information content (AvgIpc) is 3.66. The second-order valence-electron chi connectivity index (χ2n) is 19.6. The first-order chi connectivity index (χ1) is 34.9. The molecule has 4 unspecified atom stereocenters. The molecule has 0 radical (unpaired) electrons. The van der Waals surface area contributed by atoms with E-state index in [1.54, 1.807) is 23.5 Å². The van der Waals surface area contributed by atoms with Crippen LogP contribution in [0.1, 0.15) is 99.9 Å². The number of rotatable bonds is 11. The largest absolute Gasteiger partial charge is 0.507 e. The van der Waals surface area contributed by atoms with E-state index in [4.69, 9.17) is 11.6 Å². The molecule has 6 aromatic rings. The SMILES string of the molecule is C=CC(=O)N1CCN(c2nc(=O)n(-c3c(C)ccnc3C(C)C)c3nc(-c4c(O)cccc4F)c(F)cc23)C(C)C1.CC(C)NCC(C(=O)N1CCN(c2ncnc3c2C(C)CC3O)CC1)c1ccc(Cl)cc1. The smallest absolute Gasteiger partial charge is 0.355 e. The van der Waals surface area contributed by atoms with Crippen molar-refractivity contribution in [2.24, 2.45) is 0 Å². The number of phenolic OH excluding ortho intramolecular Hbond substituents is 1. The van der Waals surface area contributed by atoms with Crippen LogP contribution in [0.15, 0.2) is 84.6 Å². The molecule has 0 saturated carbocycles. The lowest BCUT2D eigenvalue weighted by Gasteiger charge is -2.40. The van der Waals surface area contributed by atoms with Crippen LogP contribution in [0.2, 0.25) is 5.02 Å². The number of hydrogen-bond donors (Lipinski definition) is 3. The molecule has 6 heterocycles. The van der Waals surface area contributed by atoms with Crippen molar-refractivity contribution in [1.82, 2.24) is 44.6 Å². The molecule has 384 valence electrons. The summed E-state index contributed by atoms with van der Waals surface area (Å²) < 4.78 is 32.0. The monoisotopic (exact) mass is 1020 g/mol. The Morgan fingerprint density at radius 3 is 2.29 bits per heavy atom.